The fourth-order valence-electron chi connectivity index (χ4n) is 4.26. The van der Waals surface area contributed by atoms with Gasteiger partial charge in [0.1, 0.15) is 5.82 Å². The summed E-state index contributed by atoms with van der Waals surface area (Å²) in [5.41, 5.74) is 0.369. The number of ether oxygens (including phenoxy) is 1. The lowest BCUT2D eigenvalue weighted by molar-refractivity contribution is -0.166. The van der Waals surface area contributed by atoms with Gasteiger partial charge in [-0.3, -0.25) is 9.69 Å². The molecule has 0 bridgehead atoms. The van der Waals surface area contributed by atoms with Gasteiger partial charge in [0.2, 0.25) is 5.91 Å². The zero-order valence-electron chi connectivity index (χ0n) is 14.8. The summed E-state index contributed by atoms with van der Waals surface area (Å²) in [6.07, 6.45) is 0. The summed E-state index contributed by atoms with van der Waals surface area (Å²) < 4.78 is 18.6. The molecular weight excluding hydrogens is 339 g/mol. The topological polar surface area (TPSA) is 65.1 Å². The molecule has 26 heavy (non-hydrogen) atoms. The largest absolute Gasteiger partial charge is 0.378 e. The number of carbonyl (C=O) groups is 2. The third-order valence-corrected chi connectivity index (χ3v) is 5.55. The lowest BCUT2D eigenvalue weighted by Gasteiger charge is -2.63. The van der Waals surface area contributed by atoms with E-state index < -0.39 is 0 Å². The van der Waals surface area contributed by atoms with Gasteiger partial charge in [0.05, 0.1) is 24.8 Å². The number of nitrogens with one attached hydrogen (secondary N) is 1. The van der Waals surface area contributed by atoms with Gasteiger partial charge in [-0.15, -0.1) is 0 Å². The van der Waals surface area contributed by atoms with Gasteiger partial charge in [0.25, 0.3) is 0 Å². The van der Waals surface area contributed by atoms with E-state index in [-0.39, 0.29) is 29.3 Å². The Morgan fingerprint density at radius 3 is 2.58 bits per heavy atom. The first-order valence-corrected chi connectivity index (χ1v) is 8.88. The molecule has 0 unspecified atom stereocenters. The Kier molecular flexibility index (Phi) is 4.32. The van der Waals surface area contributed by atoms with Gasteiger partial charge in [-0.25, -0.2) is 9.18 Å². The first-order valence-electron chi connectivity index (χ1n) is 8.88. The summed E-state index contributed by atoms with van der Waals surface area (Å²) in [6, 6.07) is 5.70. The molecule has 3 heterocycles. The van der Waals surface area contributed by atoms with Crippen molar-refractivity contribution in [3.05, 3.63) is 30.1 Å². The van der Waals surface area contributed by atoms with Crippen LogP contribution >= 0.6 is 0 Å². The van der Waals surface area contributed by atoms with Crippen LogP contribution < -0.4 is 5.32 Å². The predicted molar refractivity (Wildman–Crippen MR) is 93.3 cm³/mol. The van der Waals surface area contributed by atoms with E-state index in [9.17, 15) is 14.0 Å². The van der Waals surface area contributed by atoms with Crippen molar-refractivity contribution in [2.75, 3.05) is 51.3 Å². The van der Waals surface area contributed by atoms with Crippen LogP contribution in [-0.2, 0) is 9.53 Å². The first-order chi connectivity index (χ1) is 12.5. The number of hydrogen-bond acceptors (Lipinski definition) is 4. The molecule has 0 saturated carbocycles. The molecule has 8 heteroatoms. The van der Waals surface area contributed by atoms with Crippen LogP contribution in [0.25, 0.3) is 0 Å². The number of piperazine rings is 1. The number of amides is 3. The van der Waals surface area contributed by atoms with Crippen LogP contribution in [0.5, 0.6) is 0 Å². The molecule has 3 amide bonds. The SMILES string of the molecule is CC(=O)N1C[C@@H]2COCCN2C2(C1)CN(C(=O)Nc1ccc(F)cc1)C2. The maximum Gasteiger partial charge on any atom is 0.321 e. The van der Waals surface area contributed by atoms with Crippen LogP contribution in [0, 0.1) is 5.82 Å². The maximum absolute atomic E-state index is 13.0. The quantitative estimate of drug-likeness (QED) is 0.809. The molecule has 1 spiro atoms. The highest BCUT2D eigenvalue weighted by atomic mass is 19.1. The second kappa shape index (κ2) is 6.51. The standard InChI is InChI=1S/C18H23FN4O3/c1-13(24)21-8-16-9-26-7-6-23(16)18(10-21)11-22(12-18)17(25)20-15-4-2-14(19)3-5-15/h2-5,16H,6-12H2,1H3,(H,20,25)/t16-/m1/s1. The van der Waals surface area contributed by atoms with Crippen molar-refractivity contribution in [2.24, 2.45) is 0 Å². The third kappa shape index (κ3) is 3.03. The van der Waals surface area contributed by atoms with Gasteiger partial charge in [-0.2, -0.15) is 0 Å². The third-order valence-electron chi connectivity index (χ3n) is 5.55. The first kappa shape index (κ1) is 17.2. The molecule has 1 aromatic carbocycles. The molecule has 140 valence electrons. The van der Waals surface area contributed by atoms with Crippen molar-refractivity contribution in [1.29, 1.82) is 0 Å². The molecule has 1 aromatic rings. The molecule has 7 nitrogen and oxygen atoms in total. The zero-order chi connectivity index (χ0) is 18.3. The monoisotopic (exact) mass is 362 g/mol. The second-order valence-electron chi connectivity index (χ2n) is 7.34. The highest BCUT2D eigenvalue weighted by Crippen LogP contribution is 2.36. The smallest absolute Gasteiger partial charge is 0.321 e. The van der Waals surface area contributed by atoms with Gasteiger partial charge in [0.15, 0.2) is 0 Å². The van der Waals surface area contributed by atoms with Gasteiger partial charge in [-0.1, -0.05) is 0 Å². The van der Waals surface area contributed by atoms with Gasteiger partial charge >= 0.3 is 6.03 Å². The Balaban J connectivity index is 1.43. The number of fused-ring (bicyclic) bond motifs is 2. The number of benzene rings is 1. The lowest BCUT2D eigenvalue weighted by Crippen LogP contribution is -2.81. The van der Waals surface area contributed by atoms with Crippen molar-refractivity contribution >= 4 is 17.6 Å². The van der Waals surface area contributed by atoms with Gasteiger partial charge in [-0.05, 0) is 24.3 Å². The molecular formula is C18H23FN4O3. The lowest BCUT2D eigenvalue weighted by atomic mass is 9.82. The molecule has 3 aliphatic heterocycles. The number of rotatable bonds is 1. The second-order valence-corrected chi connectivity index (χ2v) is 7.34. The minimum absolute atomic E-state index is 0.0591. The predicted octanol–water partition coefficient (Wildman–Crippen LogP) is 0.975. The maximum atomic E-state index is 13.0. The average molecular weight is 362 g/mol. The zero-order valence-corrected chi connectivity index (χ0v) is 14.8. The van der Waals surface area contributed by atoms with E-state index in [2.05, 4.69) is 10.2 Å². The number of carbonyl (C=O) groups excluding carboxylic acids is 2. The summed E-state index contributed by atoms with van der Waals surface area (Å²) in [4.78, 5) is 30.4. The fraction of sp³-hybridized carbons (Fsp3) is 0.556. The van der Waals surface area contributed by atoms with Crippen LogP contribution in [-0.4, -0.2) is 84.2 Å². The van der Waals surface area contributed by atoms with Crippen molar-refractivity contribution in [3.63, 3.8) is 0 Å². The molecule has 3 aliphatic rings. The Morgan fingerprint density at radius 1 is 1.19 bits per heavy atom. The van der Waals surface area contributed by atoms with Crippen molar-refractivity contribution in [1.82, 2.24) is 14.7 Å². The summed E-state index contributed by atoms with van der Waals surface area (Å²) in [6.45, 7) is 6.17. The Hall–Kier alpha value is -2.19. The minimum atomic E-state index is -0.337. The molecule has 0 aromatic heterocycles. The minimum Gasteiger partial charge on any atom is -0.378 e. The van der Waals surface area contributed by atoms with E-state index in [1.807, 2.05) is 4.90 Å². The number of hydrogen-bond donors (Lipinski definition) is 1. The average Bonchev–Trinajstić information content (AvgIpc) is 2.60. The normalized spacial score (nSPS) is 24.8. The summed E-state index contributed by atoms with van der Waals surface area (Å²) >= 11 is 0. The number of anilines is 1. The highest BCUT2D eigenvalue weighted by molar-refractivity contribution is 5.90. The summed E-state index contributed by atoms with van der Waals surface area (Å²) in [5.74, 6) is -0.278. The van der Waals surface area contributed by atoms with Crippen LogP contribution in [0.15, 0.2) is 24.3 Å². The Bertz CT molecular complexity index is 705. The Morgan fingerprint density at radius 2 is 1.88 bits per heavy atom. The number of morpholine rings is 1. The molecule has 3 fully saturated rings. The van der Waals surface area contributed by atoms with E-state index in [0.717, 1.165) is 6.54 Å². The van der Waals surface area contributed by atoms with Crippen LogP contribution in [0.4, 0.5) is 14.9 Å². The fourth-order valence-corrected chi connectivity index (χ4v) is 4.26. The van der Waals surface area contributed by atoms with Gasteiger partial charge < -0.3 is 19.9 Å². The molecule has 0 radical (unpaired) electrons. The van der Waals surface area contributed by atoms with E-state index in [0.29, 0.717) is 45.1 Å². The number of urea groups is 1. The van der Waals surface area contributed by atoms with Crippen molar-refractivity contribution < 1.29 is 18.7 Å². The Labute approximate surface area is 151 Å². The van der Waals surface area contributed by atoms with Crippen LogP contribution in [0.2, 0.25) is 0 Å². The molecule has 1 atom stereocenters. The summed E-state index contributed by atoms with van der Waals surface area (Å²) in [5, 5.41) is 2.80. The van der Waals surface area contributed by atoms with Crippen molar-refractivity contribution in [3.8, 4) is 0 Å². The summed E-state index contributed by atoms with van der Waals surface area (Å²) in [7, 11) is 0. The molecule has 4 rings (SSSR count). The van der Waals surface area contributed by atoms with Crippen LogP contribution in [0.3, 0.4) is 0 Å². The number of nitrogens with zero attached hydrogens (tertiary/aromatic N) is 3. The molecule has 3 saturated heterocycles. The highest BCUT2D eigenvalue weighted by Gasteiger charge is 2.55. The van der Waals surface area contributed by atoms with E-state index in [1.54, 1.807) is 24.0 Å². The van der Waals surface area contributed by atoms with E-state index >= 15 is 0 Å². The number of likely N-dealkylation sites (tertiary alicyclic amines) is 1. The number of halogens is 1. The van der Waals surface area contributed by atoms with Crippen molar-refractivity contribution in [2.45, 2.75) is 18.5 Å². The molecule has 0 aliphatic carbocycles. The van der Waals surface area contributed by atoms with Gasteiger partial charge in [0, 0.05) is 45.3 Å². The molecule has 1 N–H and O–H groups in total. The van der Waals surface area contributed by atoms with E-state index in [4.69, 9.17) is 4.74 Å². The van der Waals surface area contributed by atoms with E-state index in [1.165, 1.54) is 12.1 Å². The van der Waals surface area contributed by atoms with Crippen LogP contribution in [0.1, 0.15) is 6.92 Å².